The number of methoxy groups -OCH3 is 1. The van der Waals surface area contributed by atoms with Crippen molar-refractivity contribution in [2.24, 2.45) is 5.92 Å². The molecule has 1 rings (SSSR count). The first-order valence-corrected chi connectivity index (χ1v) is 6.83. The fraction of sp³-hybridized carbons (Fsp3) is 0.429. The zero-order valence-corrected chi connectivity index (χ0v) is 12.9. The highest BCUT2D eigenvalue weighted by Gasteiger charge is 2.23. The van der Waals surface area contributed by atoms with Crippen molar-refractivity contribution < 1.29 is 19.4 Å². The average Bonchev–Trinajstić information content (AvgIpc) is 2.42. The minimum atomic E-state index is -1.07. The number of urea groups is 1. The lowest BCUT2D eigenvalue weighted by Gasteiger charge is -2.18. The summed E-state index contributed by atoms with van der Waals surface area (Å²) in [6.45, 7) is 3.57. The van der Waals surface area contributed by atoms with Gasteiger partial charge in [0.1, 0.15) is 11.8 Å². The van der Waals surface area contributed by atoms with Crippen molar-refractivity contribution >= 4 is 23.6 Å². The highest BCUT2D eigenvalue weighted by molar-refractivity contribution is 6.31. The molecule has 0 fully saturated rings. The van der Waals surface area contributed by atoms with Crippen LogP contribution >= 0.6 is 11.6 Å². The van der Waals surface area contributed by atoms with Gasteiger partial charge in [-0.1, -0.05) is 31.5 Å². The molecule has 2 amide bonds. The number of hydrogen-bond donors (Lipinski definition) is 3. The zero-order valence-electron chi connectivity index (χ0n) is 12.1. The number of benzene rings is 1. The Hall–Kier alpha value is -1.95. The molecule has 0 saturated heterocycles. The molecule has 0 aliphatic carbocycles. The van der Waals surface area contributed by atoms with E-state index in [1.54, 1.807) is 32.0 Å². The van der Waals surface area contributed by atoms with Gasteiger partial charge in [-0.3, -0.25) is 0 Å². The smallest absolute Gasteiger partial charge is 0.326 e. The number of nitrogens with one attached hydrogen (secondary N) is 2. The monoisotopic (exact) mass is 314 g/mol. The third-order valence-electron chi connectivity index (χ3n) is 2.94. The Morgan fingerprint density at radius 1 is 1.38 bits per heavy atom. The number of ether oxygens (including phenoxy) is 1. The second kappa shape index (κ2) is 7.73. The Bertz CT molecular complexity index is 520. The van der Waals surface area contributed by atoms with E-state index in [0.717, 1.165) is 0 Å². The van der Waals surface area contributed by atoms with Crippen LogP contribution in [-0.2, 0) is 11.3 Å². The van der Waals surface area contributed by atoms with E-state index in [0.29, 0.717) is 16.3 Å². The van der Waals surface area contributed by atoms with Crippen molar-refractivity contribution in [1.82, 2.24) is 10.6 Å². The topological polar surface area (TPSA) is 87.7 Å². The van der Waals surface area contributed by atoms with Crippen molar-refractivity contribution in [1.29, 1.82) is 0 Å². The summed E-state index contributed by atoms with van der Waals surface area (Å²) in [4.78, 5) is 22.8. The molecule has 0 aromatic heterocycles. The minimum absolute atomic E-state index is 0.138. The first kappa shape index (κ1) is 17.1. The third-order valence-corrected chi connectivity index (χ3v) is 3.29. The highest BCUT2D eigenvalue weighted by atomic mass is 35.5. The SMILES string of the molecule is COc1cccc(Cl)c1CNC(=O)N[C@@H](C(=O)O)C(C)C. The summed E-state index contributed by atoms with van der Waals surface area (Å²) in [6, 6.07) is 3.64. The second-order valence-electron chi connectivity index (χ2n) is 4.81. The summed E-state index contributed by atoms with van der Waals surface area (Å²) in [6.07, 6.45) is 0. The fourth-order valence-corrected chi connectivity index (χ4v) is 2.01. The maximum absolute atomic E-state index is 11.8. The van der Waals surface area contributed by atoms with Crippen molar-refractivity contribution in [3.8, 4) is 5.75 Å². The molecule has 1 aromatic carbocycles. The quantitative estimate of drug-likeness (QED) is 0.751. The number of carbonyl (C=O) groups is 2. The Balaban J connectivity index is 2.67. The van der Waals surface area contributed by atoms with Crippen LogP contribution in [0.3, 0.4) is 0 Å². The number of carboxylic acid groups (broad SMARTS) is 1. The Morgan fingerprint density at radius 2 is 2.05 bits per heavy atom. The van der Waals surface area contributed by atoms with E-state index in [1.807, 2.05) is 0 Å². The summed E-state index contributed by atoms with van der Waals surface area (Å²) >= 11 is 6.05. The van der Waals surface area contributed by atoms with Gasteiger partial charge in [0.2, 0.25) is 0 Å². The van der Waals surface area contributed by atoms with E-state index >= 15 is 0 Å². The van der Waals surface area contributed by atoms with Crippen LogP contribution in [0.15, 0.2) is 18.2 Å². The van der Waals surface area contributed by atoms with Crippen molar-refractivity contribution in [3.05, 3.63) is 28.8 Å². The predicted octanol–water partition coefficient (Wildman–Crippen LogP) is 2.26. The van der Waals surface area contributed by atoms with E-state index in [9.17, 15) is 9.59 Å². The summed E-state index contributed by atoms with van der Waals surface area (Å²) in [5, 5.41) is 14.5. The van der Waals surface area contributed by atoms with Gasteiger partial charge < -0.3 is 20.5 Å². The molecule has 1 aromatic rings. The molecule has 21 heavy (non-hydrogen) atoms. The summed E-state index contributed by atoms with van der Waals surface area (Å²) in [5.41, 5.74) is 0.633. The number of halogens is 1. The Labute approximate surface area is 128 Å². The first-order chi connectivity index (χ1) is 9.86. The average molecular weight is 315 g/mol. The second-order valence-corrected chi connectivity index (χ2v) is 5.21. The van der Waals surface area contributed by atoms with Crippen molar-refractivity contribution in [2.75, 3.05) is 7.11 Å². The van der Waals surface area contributed by atoms with Gasteiger partial charge in [-0.25, -0.2) is 9.59 Å². The fourth-order valence-electron chi connectivity index (χ4n) is 1.78. The van der Waals surface area contributed by atoms with Crippen LogP contribution in [0, 0.1) is 5.92 Å². The maximum Gasteiger partial charge on any atom is 0.326 e. The highest BCUT2D eigenvalue weighted by Crippen LogP contribution is 2.25. The van der Waals surface area contributed by atoms with Crippen LogP contribution in [0.25, 0.3) is 0 Å². The molecule has 6 nitrogen and oxygen atoms in total. The number of carboxylic acids is 1. The largest absolute Gasteiger partial charge is 0.496 e. The van der Waals surface area contributed by atoms with Crippen LogP contribution in [0.1, 0.15) is 19.4 Å². The molecule has 0 bridgehead atoms. The normalized spacial score (nSPS) is 11.9. The van der Waals surface area contributed by atoms with Crippen molar-refractivity contribution in [2.45, 2.75) is 26.4 Å². The van der Waals surface area contributed by atoms with Gasteiger partial charge in [0.05, 0.1) is 7.11 Å². The molecule has 116 valence electrons. The number of aliphatic carboxylic acids is 1. The molecule has 1 atom stereocenters. The van der Waals surface area contributed by atoms with Crippen LogP contribution in [-0.4, -0.2) is 30.3 Å². The molecule has 0 aliphatic rings. The van der Waals surface area contributed by atoms with E-state index in [4.69, 9.17) is 21.4 Å². The van der Waals surface area contributed by atoms with Gasteiger partial charge >= 0.3 is 12.0 Å². The molecule has 0 radical (unpaired) electrons. The standard InChI is InChI=1S/C14H19ClN2O4/c1-8(2)12(13(18)19)17-14(20)16-7-9-10(15)5-4-6-11(9)21-3/h4-6,8,12H,7H2,1-3H3,(H,18,19)(H2,16,17,20)/t12-/m1/s1. The molecule has 0 unspecified atom stereocenters. The van der Waals surface area contributed by atoms with Gasteiger partial charge in [-0.05, 0) is 18.1 Å². The van der Waals surface area contributed by atoms with E-state index in [1.165, 1.54) is 7.11 Å². The molecule has 0 aliphatic heterocycles. The first-order valence-electron chi connectivity index (χ1n) is 6.45. The molecular weight excluding hydrogens is 296 g/mol. The van der Waals surface area contributed by atoms with Crippen LogP contribution < -0.4 is 15.4 Å². The van der Waals surface area contributed by atoms with E-state index in [-0.39, 0.29) is 12.5 Å². The van der Waals surface area contributed by atoms with E-state index < -0.39 is 18.0 Å². The molecule has 0 spiro atoms. The Morgan fingerprint density at radius 3 is 2.57 bits per heavy atom. The van der Waals surface area contributed by atoms with Gasteiger partial charge in [-0.15, -0.1) is 0 Å². The molecule has 3 N–H and O–H groups in total. The number of rotatable bonds is 6. The molecule has 0 heterocycles. The third kappa shape index (κ3) is 4.82. The lowest BCUT2D eigenvalue weighted by molar-refractivity contribution is -0.140. The predicted molar refractivity (Wildman–Crippen MR) is 79.6 cm³/mol. The van der Waals surface area contributed by atoms with Gasteiger partial charge in [0.25, 0.3) is 0 Å². The van der Waals surface area contributed by atoms with Crippen LogP contribution in [0.4, 0.5) is 4.79 Å². The van der Waals surface area contributed by atoms with Crippen LogP contribution in [0.5, 0.6) is 5.75 Å². The minimum Gasteiger partial charge on any atom is -0.496 e. The zero-order chi connectivity index (χ0) is 16.0. The number of carbonyl (C=O) groups excluding carboxylic acids is 1. The van der Waals surface area contributed by atoms with Gasteiger partial charge in [0.15, 0.2) is 0 Å². The number of amides is 2. The summed E-state index contributed by atoms with van der Waals surface area (Å²) in [7, 11) is 1.51. The summed E-state index contributed by atoms with van der Waals surface area (Å²) in [5.74, 6) is -0.736. The van der Waals surface area contributed by atoms with Gasteiger partial charge in [0, 0.05) is 17.1 Å². The molecule has 7 heteroatoms. The lowest BCUT2D eigenvalue weighted by atomic mass is 10.1. The van der Waals surface area contributed by atoms with E-state index in [2.05, 4.69) is 10.6 Å². The Kier molecular flexibility index (Phi) is 6.30. The lowest BCUT2D eigenvalue weighted by Crippen LogP contribution is -2.48. The number of hydrogen-bond acceptors (Lipinski definition) is 3. The molecular formula is C14H19ClN2O4. The summed E-state index contributed by atoms with van der Waals surface area (Å²) < 4.78 is 5.17. The molecule has 0 saturated carbocycles. The van der Waals surface area contributed by atoms with Gasteiger partial charge in [-0.2, -0.15) is 0 Å². The van der Waals surface area contributed by atoms with Crippen molar-refractivity contribution in [3.63, 3.8) is 0 Å². The van der Waals surface area contributed by atoms with Crippen LogP contribution in [0.2, 0.25) is 5.02 Å². The maximum atomic E-state index is 11.8.